The van der Waals surface area contributed by atoms with Crippen molar-refractivity contribution in [3.05, 3.63) is 0 Å². The van der Waals surface area contributed by atoms with Crippen molar-refractivity contribution in [1.29, 1.82) is 5.26 Å². The second kappa shape index (κ2) is 5.89. The molecule has 0 aromatic carbocycles. The molecule has 0 aliphatic carbocycles. The summed E-state index contributed by atoms with van der Waals surface area (Å²) in [4.78, 5) is 12.0. The minimum atomic E-state index is -0.599. The molecule has 0 unspecified atom stereocenters. The van der Waals surface area contributed by atoms with E-state index in [1.807, 2.05) is 34.6 Å². The van der Waals surface area contributed by atoms with Gasteiger partial charge in [-0.1, -0.05) is 20.8 Å². The van der Waals surface area contributed by atoms with E-state index in [0.717, 1.165) is 6.42 Å². The molecule has 0 fully saturated rings. The first-order chi connectivity index (χ1) is 7.37. The molecule has 0 aliphatic heterocycles. The third kappa shape index (κ3) is 3.52. The normalized spacial score (nSPS) is 12.0. The van der Waals surface area contributed by atoms with Gasteiger partial charge in [0.2, 0.25) is 0 Å². The Kier molecular flexibility index (Phi) is 5.50. The van der Waals surface area contributed by atoms with Crippen molar-refractivity contribution in [2.75, 3.05) is 0 Å². The van der Waals surface area contributed by atoms with Crippen LogP contribution in [0.25, 0.3) is 0 Å². The standard InChI is InChI=1S/C13H23NO2/c1-6-12(4,5)11(15)16-13(7-2,8-3)9-10-14/h6-9H2,1-5H3. The maximum Gasteiger partial charge on any atom is 0.312 e. The number of rotatable bonds is 6. The van der Waals surface area contributed by atoms with Gasteiger partial charge in [-0.05, 0) is 33.1 Å². The van der Waals surface area contributed by atoms with Crippen molar-refractivity contribution in [3.8, 4) is 6.07 Å². The fourth-order valence-corrected chi connectivity index (χ4v) is 1.30. The van der Waals surface area contributed by atoms with Crippen molar-refractivity contribution < 1.29 is 9.53 Å². The predicted octanol–water partition coefficient (Wildman–Crippen LogP) is 3.44. The highest BCUT2D eigenvalue weighted by Gasteiger charge is 2.36. The second-order valence-corrected chi connectivity index (χ2v) is 4.85. The number of hydrogen-bond donors (Lipinski definition) is 0. The Labute approximate surface area is 98.8 Å². The van der Waals surface area contributed by atoms with Crippen molar-refractivity contribution in [3.63, 3.8) is 0 Å². The van der Waals surface area contributed by atoms with E-state index in [-0.39, 0.29) is 12.4 Å². The average Bonchev–Trinajstić information content (AvgIpc) is 2.28. The van der Waals surface area contributed by atoms with Gasteiger partial charge >= 0.3 is 5.97 Å². The zero-order valence-corrected chi connectivity index (χ0v) is 11.1. The van der Waals surface area contributed by atoms with Crippen LogP contribution in [0.4, 0.5) is 0 Å². The summed E-state index contributed by atoms with van der Waals surface area (Å²) >= 11 is 0. The van der Waals surface area contributed by atoms with E-state index in [9.17, 15) is 4.79 Å². The van der Waals surface area contributed by atoms with Gasteiger partial charge in [-0.2, -0.15) is 5.26 Å². The van der Waals surface area contributed by atoms with Crippen LogP contribution in [0.5, 0.6) is 0 Å². The molecule has 3 heteroatoms. The van der Waals surface area contributed by atoms with Crippen molar-refractivity contribution in [2.45, 2.75) is 65.9 Å². The first-order valence-electron chi connectivity index (χ1n) is 5.98. The minimum Gasteiger partial charge on any atom is -0.458 e. The van der Waals surface area contributed by atoms with Crippen LogP contribution < -0.4 is 0 Å². The molecule has 3 nitrogen and oxygen atoms in total. The van der Waals surface area contributed by atoms with E-state index in [1.54, 1.807) is 0 Å². The van der Waals surface area contributed by atoms with Crippen molar-refractivity contribution >= 4 is 5.97 Å². The number of esters is 1. The van der Waals surface area contributed by atoms with Crippen LogP contribution >= 0.6 is 0 Å². The molecule has 0 saturated carbocycles. The zero-order chi connectivity index (χ0) is 12.8. The Bertz CT molecular complexity index is 272. The number of carbonyl (C=O) groups excluding carboxylic acids is 1. The lowest BCUT2D eigenvalue weighted by Crippen LogP contribution is -2.38. The van der Waals surface area contributed by atoms with Crippen LogP contribution in [0.2, 0.25) is 0 Å². The molecule has 0 atom stereocenters. The fraction of sp³-hybridized carbons (Fsp3) is 0.846. The lowest BCUT2D eigenvalue weighted by Gasteiger charge is -2.33. The highest BCUT2D eigenvalue weighted by Crippen LogP contribution is 2.30. The Morgan fingerprint density at radius 2 is 1.69 bits per heavy atom. The molecule has 0 aliphatic rings. The summed E-state index contributed by atoms with van der Waals surface area (Å²) in [6.45, 7) is 9.61. The third-order valence-corrected chi connectivity index (χ3v) is 3.44. The van der Waals surface area contributed by atoms with Gasteiger partial charge in [0.1, 0.15) is 5.60 Å². The third-order valence-electron chi connectivity index (χ3n) is 3.44. The van der Waals surface area contributed by atoms with Gasteiger partial charge in [-0.3, -0.25) is 4.79 Å². The van der Waals surface area contributed by atoms with Crippen LogP contribution in [-0.4, -0.2) is 11.6 Å². The van der Waals surface area contributed by atoms with E-state index in [4.69, 9.17) is 10.00 Å². The minimum absolute atomic E-state index is 0.200. The molecule has 0 N–H and O–H groups in total. The van der Waals surface area contributed by atoms with E-state index in [2.05, 4.69) is 6.07 Å². The van der Waals surface area contributed by atoms with Crippen LogP contribution in [0.3, 0.4) is 0 Å². The molecular formula is C13H23NO2. The highest BCUT2D eigenvalue weighted by molar-refractivity contribution is 5.76. The lowest BCUT2D eigenvalue weighted by atomic mass is 9.88. The van der Waals surface area contributed by atoms with Crippen LogP contribution in [0, 0.1) is 16.7 Å². The second-order valence-electron chi connectivity index (χ2n) is 4.85. The van der Waals surface area contributed by atoms with Crippen molar-refractivity contribution in [2.24, 2.45) is 5.41 Å². The Hall–Kier alpha value is -1.04. The smallest absolute Gasteiger partial charge is 0.312 e. The molecule has 0 bridgehead atoms. The molecule has 0 amide bonds. The van der Waals surface area contributed by atoms with E-state index < -0.39 is 11.0 Å². The molecule has 0 spiro atoms. The molecule has 0 saturated heterocycles. The Morgan fingerprint density at radius 3 is 2.00 bits per heavy atom. The summed E-state index contributed by atoms with van der Waals surface area (Å²) in [5.74, 6) is -0.200. The molecular weight excluding hydrogens is 202 g/mol. The lowest BCUT2D eigenvalue weighted by molar-refractivity contribution is -0.171. The molecule has 0 radical (unpaired) electrons. The topological polar surface area (TPSA) is 50.1 Å². The van der Waals surface area contributed by atoms with Gasteiger partial charge in [0.15, 0.2) is 0 Å². The maximum absolute atomic E-state index is 12.0. The van der Waals surface area contributed by atoms with Gasteiger partial charge in [0.25, 0.3) is 0 Å². The van der Waals surface area contributed by atoms with Gasteiger partial charge in [0, 0.05) is 0 Å². The fourth-order valence-electron chi connectivity index (χ4n) is 1.30. The number of nitriles is 1. The van der Waals surface area contributed by atoms with E-state index >= 15 is 0 Å². The van der Waals surface area contributed by atoms with Gasteiger partial charge in [0.05, 0.1) is 17.9 Å². The summed E-state index contributed by atoms with van der Waals surface area (Å²) in [5.41, 5.74) is -1.07. The number of nitrogens with zero attached hydrogens (tertiary/aromatic N) is 1. The predicted molar refractivity (Wildman–Crippen MR) is 63.7 cm³/mol. The average molecular weight is 225 g/mol. The summed E-state index contributed by atoms with van der Waals surface area (Å²) in [6, 6.07) is 2.11. The highest BCUT2D eigenvalue weighted by atomic mass is 16.6. The number of ether oxygens (including phenoxy) is 1. The first-order valence-corrected chi connectivity index (χ1v) is 5.98. The summed E-state index contributed by atoms with van der Waals surface area (Å²) in [5, 5.41) is 8.80. The molecule has 0 aromatic rings. The summed E-state index contributed by atoms with van der Waals surface area (Å²) in [6.07, 6.45) is 2.37. The quantitative estimate of drug-likeness (QED) is 0.651. The summed E-state index contributed by atoms with van der Waals surface area (Å²) < 4.78 is 5.57. The molecule has 16 heavy (non-hydrogen) atoms. The van der Waals surface area contributed by atoms with E-state index in [0.29, 0.717) is 12.8 Å². The largest absolute Gasteiger partial charge is 0.458 e. The SMILES string of the molecule is CCC(CC)(CC#N)OC(=O)C(C)(C)CC. The van der Waals surface area contributed by atoms with E-state index in [1.165, 1.54) is 0 Å². The Balaban J connectivity index is 4.78. The monoisotopic (exact) mass is 225 g/mol. The maximum atomic E-state index is 12.0. The molecule has 0 heterocycles. The molecule has 0 rings (SSSR count). The van der Waals surface area contributed by atoms with Crippen molar-refractivity contribution in [1.82, 2.24) is 0 Å². The van der Waals surface area contributed by atoms with Crippen LogP contribution in [-0.2, 0) is 9.53 Å². The molecule has 92 valence electrons. The first kappa shape index (κ1) is 15.0. The summed E-state index contributed by atoms with van der Waals surface area (Å²) in [7, 11) is 0. The van der Waals surface area contributed by atoms with Crippen LogP contribution in [0.1, 0.15) is 60.3 Å². The van der Waals surface area contributed by atoms with Gasteiger partial charge < -0.3 is 4.74 Å². The zero-order valence-electron chi connectivity index (χ0n) is 11.1. The number of hydrogen-bond acceptors (Lipinski definition) is 3. The molecule has 0 aromatic heterocycles. The number of carbonyl (C=O) groups is 1. The van der Waals surface area contributed by atoms with Gasteiger partial charge in [-0.15, -0.1) is 0 Å². The van der Waals surface area contributed by atoms with Crippen LogP contribution in [0.15, 0.2) is 0 Å². The van der Waals surface area contributed by atoms with Gasteiger partial charge in [-0.25, -0.2) is 0 Å². The Morgan fingerprint density at radius 1 is 1.19 bits per heavy atom.